The van der Waals surface area contributed by atoms with Gasteiger partial charge in [-0.2, -0.15) is 5.10 Å². The number of hydrogen-bond acceptors (Lipinski definition) is 4. The van der Waals surface area contributed by atoms with E-state index in [-0.39, 0.29) is 0 Å². The number of likely N-dealkylation sites (N-methyl/N-ethyl adjacent to an activating group) is 1. The van der Waals surface area contributed by atoms with Crippen LogP contribution >= 0.6 is 0 Å². The first-order chi connectivity index (χ1) is 12.1. The minimum Gasteiger partial charge on any atom is -0.494 e. The Labute approximate surface area is 151 Å². The predicted molar refractivity (Wildman–Crippen MR) is 101 cm³/mol. The normalized spacial score (nSPS) is 14.8. The van der Waals surface area contributed by atoms with Crippen LogP contribution in [0.2, 0.25) is 0 Å². The molecule has 1 aliphatic heterocycles. The maximum Gasteiger partial charge on any atom is 0.144 e. The molecule has 0 unspecified atom stereocenters. The van der Waals surface area contributed by atoms with Gasteiger partial charge in [-0.05, 0) is 31.1 Å². The SMILES string of the molecule is CCN1CCc2c(c(CNCC(C)C)nn2-c2ccccc2OC)C1. The molecule has 1 aromatic heterocycles. The fourth-order valence-electron chi connectivity index (χ4n) is 3.44. The molecule has 0 saturated carbocycles. The molecule has 5 heteroatoms. The molecule has 0 atom stereocenters. The third-order valence-corrected chi connectivity index (χ3v) is 4.83. The van der Waals surface area contributed by atoms with Crippen molar-refractivity contribution < 1.29 is 4.74 Å². The smallest absolute Gasteiger partial charge is 0.144 e. The van der Waals surface area contributed by atoms with Crippen LogP contribution in [-0.2, 0) is 19.5 Å². The molecule has 0 spiro atoms. The molecule has 1 aromatic carbocycles. The van der Waals surface area contributed by atoms with Gasteiger partial charge in [0, 0.05) is 31.6 Å². The Hall–Kier alpha value is -1.85. The van der Waals surface area contributed by atoms with Gasteiger partial charge in [0.2, 0.25) is 0 Å². The number of rotatable bonds is 7. The number of para-hydroxylation sites is 2. The van der Waals surface area contributed by atoms with Gasteiger partial charge in [0.05, 0.1) is 18.5 Å². The molecular formula is C20H30N4O. The van der Waals surface area contributed by atoms with Crippen LogP contribution in [0.25, 0.3) is 5.69 Å². The highest BCUT2D eigenvalue weighted by Gasteiger charge is 2.25. The van der Waals surface area contributed by atoms with Gasteiger partial charge in [0.25, 0.3) is 0 Å². The summed E-state index contributed by atoms with van der Waals surface area (Å²) in [6, 6.07) is 8.14. The zero-order valence-electron chi connectivity index (χ0n) is 15.9. The van der Waals surface area contributed by atoms with Gasteiger partial charge in [-0.1, -0.05) is 32.9 Å². The van der Waals surface area contributed by atoms with E-state index in [4.69, 9.17) is 9.84 Å². The Bertz CT molecular complexity index is 708. The van der Waals surface area contributed by atoms with E-state index in [2.05, 4.69) is 41.7 Å². The summed E-state index contributed by atoms with van der Waals surface area (Å²) in [6.07, 6.45) is 1.03. The van der Waals surface area contributed by atoms with E-state index < -0.39 is 0 Å². The molecule has 1 N–H and O–H groups in total. The molecular weight excluding hydrogens is 312 g/mol. The lowest BCUT2D eigenvalue weighted by Gasteiger charge is -2.26. The van der Waals surface area contributed by atoms with Gasteiger partial charge in [0.1, 0.15) is 11.4 Å². The monoisotopic (exact) mass is 342 g/mol. The highest BCUT2D eigenvalue weighted by Crippen LogP contribution is 2.29. The number of aromatic nitrogens is 2. The number of benzene rings is 1. The molecule has 0 aliphatic carbocycles. The zero-order chi connectivity index (χ0) is 17.8. The highest BCUT2D eigenvalue weighted by atomic mass is 16.5. The molecule has 0 amide bonds. The average molecular weight is 342 g/mol. The summed E-state index contributed by atoms with van der Waals surface area (Å²) in [5.41, 5.74) is 4.91. The number of fused-ring (bicyclic) bond motifs is 1. The molecule has 3 rings (SSSR count). The van der Waals surface area contributed by atoms with E-state index in [0.29, 0.717) is 5.92 Å². The van der Waals surface area contributed by atoms with Crippen molar-refractivity contribution in [3.63, 3.8) is 0 Å². The number of ether oxygens (including phenoxy) is 1. The minimum absolute atomic E-state index is 0.638. The molecule has 1 aliphatic rings. The number of nitrogens with zero attached hydrogens (tertiary/aromatic N) is 3. The first-order valence-corrected chi connectivity index (χ1v) is 9.30. The lowest BCUT2D eigenvalue weighted by Crippen LogP contribution is -2.31. The molecule has 2 aromatic rings. The summed E-state index contributed by atoms with van der Waals surface area (Å²) in [5.74, 6) is 1.51. The van der Waals surface area contributed by atoms with E-state index in [1.165, 1.54) is 17.0 Å². The van der Waals surface area contributed by atoms with Crippen molar-refractivity contribution in [3.05, 3.63) is 41.2 Å². The van der Waals surface area contributed by atoms with Gasteiger partial charge in [-0.15, -0.1) is 0 Å². The molecule has 25 heavy (non-hydrogen) atoms. The van der Waals surface area contributed by atoms with Crippen LogP contribution in [0, 0.1) is 5.92 Å². The van der Waals surface area contributed by atoms with Crippen molar-refractivity contribution in [3.8, 4) is 11.4 Å². The van der Waals surface area contributed by atoms with Crippen molar-refractivity contribution in [2.75, 3.05) is 26.7 Å². The minimum atomic E-state index is 0.638. The molecule has 136 valence electrons. The first-order valence-electron chi connectivity index (χ1n) is 9.30. The predicted octanol–water partition coefficient (Wildman–Crippen LogP) is 3.00. The number of nitrogens with one attached hydrogen (secondary N) is 1. The van der Waals surface area contributed by atoms with E-state index in [0.717, 1.165) is 50.6 Å². The van der Waals surface area contributed by atoms with Gasteiger partial charge < -0.3 is 10.1 Å². The molecule has 0 saturated heterocycles. The quantitative estimate of drug-likeness (QED) is 0.840. The Morgan fingerprint density at radius 1 is 1.28 bits per heavy atom. The fraction of sp³-hybridized carbons (Fsp3) is 0.550. The fourth-order valence-corrected chi connectivity index (χ4v) is 3.44. The van der Waals surface area contributed by atoms with Crippen molar-refractivity contribution in [2.45, 2.75) is 40.3 Å². The van der Waals surface area contributed by atoms with Crippen LogP contribution in [0.15, 0.2) is 24.3 Å². The first kappa shape index (κ1) is 18.0. The zero-order valence-corrected chi connectivity index (χ0v) is 15.9. The number of methoxy groups -OCH3 is 1. The third-order valence-electron chi connectivity index (χ3n) is 4.83. The standard InChI is InChI=1S/C20H30N4O/c1-5-23-11-10-18-16(14-23)17(13-21-12-15(2)3)22-24(18)19-8-6-7-9-20(19)25-4/h6-9,15,21H,5,10-14H2,1-4H3. The lowest BCUT2D eigenvalue weighted by molar-refractivity contribution is 0.265. The molecule has 0 fully saturated rings. The summed E-state index contributed by atoms with van der Waals surface area (Å²) in [7, 11) is 1.72. The average Bonchev–Trinajstić information content (AvgIpc) is 2.99. The van der Waals surface area contributed by atoms with Crippen molar-refractivity contribution in [2.24, 2.45) is 5.92 Å². The summed E-state index contributed by atoms with van der Waals surface area (Å²) < 4.78 is 7.67. The molecule has 0 bridgehead atoms. The van der Waals surface area contributed by atoms with Crippen molar-refractivity contribution in [1.29, 1.82) is 0 Å². The Balaban J connectivity index is 1.97. The largest absolute Gasteiger partial charge is 0.494 e. The highest BCUT2D eigenvalue weighted by molar-refractivity contribution is 5.49. The van der Waals surface area contributed by atoms with Gasteiger partial charge in [0.15, 0.2) is 0 Å². The second-order valence-corrected chi connectivity index (χ2v) is 7.10. The summed E-state index contributed by atoms with van der Waals surface area (Å²) in [5, 5.41) is 8.54. The Morgan fingerprint density at radius 2 is 2.08 bits per heavy atom. The van der Waals surface area contributed by atoms with Crippen molar-refractivity contribution >= 4 is 0 Å². The van der Waals surface area contributed by atoms with Crippen LogP contribution in [0.1, 0.15) is 37.7 Å². The van der Waals surface area contributed by atoms with Crippen molar-refractivity contribution in [1.82, 2.24) is 20.0 Å². The van der Waals surface area contributed by atoms with Crippen LogP contribution in [-0.4, -0.2) is 41.4 Å². The van der Waals surface area contributed by atoms with Crippen LogP contribution in [0.4, 0.5) is 0 Å². The second-order valence-electron chi connectivity index (χ2n) is 7.10. The molecule has 5 nitrogen and oxygen atoms in total. The van der Waals surface area contributed by atoms with E-state index >= 15 is 0 Å². The lowest BCUT2D eigenvalue weighted by atomic mass is 10.0. The Kier molecular flexibility index (Phi) is 5.76. The van der Waals surface area contributed by atoms with Gasteiger partial charge in [-0.3, -0.25) is 4.90 Å². The topological polar surface area (TPSA) is 42.3 Å². The van der Waals surface area contributed by atoms with Crippen LogP contribution < -0.4 is 10.1 Å². The van der Waals surface area contributed by atoms with Crippen LogP contribution in [0.5, 0.6) is 5.75 Å². The second kappa shape index (κ2) is 8.02. The Morgan fingerprint density at radius 3 is 2.80 bits per heavy atom. The maximum absolute atomic E-state index is 5.57. The maximum atomic E-state index is 5.57. The van der Waals surface area contributed by atoms with E-state index in [1.54, 1.807) is 7.11 Å². The molecule has 0 radical (unpaired) electrons. The summed E-state index contributed by atoms with van der Waals surface area (Å²) >= 11 is 0. The molecule has 2 heterocycles. The van der Waals surface area contributed by atoms with E-state index in [1.807, 2.05) is 18.2 Å². The number of hydrogen-bond donors (Lipinski definition) is 1. The summed E-state index contributed by atoms with van der Waals surface area (Å²) in [6.45, 7) is 11.7. The van der Waals surface area contributed by atoms with Crippen LogP contribution in [0.3, 0.4) is 0 Å². The van der Waals surface area contributed by atoms with E-state index in [9.17, 15) is 0 Å². The van der Waals surface area contributed by atoms with Gasteiger partial charge >= 0.3 is 0 Å². The third kappa shape index (κ3) is 3.88. The summed E-state index contributed by atoms with van der Waals surface area (Å²) in [4.78, 5) is 2.49. The van der Waals surface area contributed by atoms with Gasteiger partial charge in [-0.25, -0.2) is 4.68 Å².